The van der Waals surface area contributed by atoms with Crippen molar-refractivity contribution in [2.45, 2.75) is 6.42 Å². The van der Waals surface area contributed by atoms with E-state index in [1.165, 1.54) is 12.0 Å². The number of hydrogen-bond donors (Lipinski definition) is 0. The molecule has 1 aliphatic heterocycles. The van der Waals surface area contributed by atoms with Gasteiger partial charge in [-0.1, -0.05) is 0 Å². The first-order valence-corrected chi connectivity index (χ1v) is 5.29. The molecule has 0 N–H and O–H groups in total. The number of morpholine rings is 1. The maximum Gasteiger partial charge on any atom is 0.319 e. The van der Waals surface area contributed by atoms with E-state index in [0.717, 1.165) is 0 Å². The van der Waals surface area contributed by atoms with Gasteiger partial charge in [-0.3, -0.25) is 4.79 Å². The summed E-state index contributed by atoms with van der Waals surface area (Å²) in [4.78, 5) is 26.0. The molecule has 0 saturated carbocycles. The number of hydrogen-bond acceptors (Lipinski definition) is 4. The van der Waals surface area contributed by atoms with Crippen LogP contribution in [0.3, 0.4) is 0 Å². The van der Waals surface area contributed by atoms with Gasteiger partial charge in [-0.25, -0.2) is 4.79 Å². The van der Waals surface area contributed by atoms with Gasteiger partial charge in [-0.15, -0.1) is 0 Å². The Balaban J connectivity index is 2.31. The molecular weight excluding hydrogens is 212 g/mol. The summed E-state index contributed by atoms with van der Waals surface area (Å²) in [5.74, 6) is -0.304. The molecule has 1 rings (SSSR count). The van der Waals surface area contributed by atoms with Crippen molar-refractivity contribution in [3.05, 3.63) is 0 Å². The number of nitrogens with zero attached hydrogens (tertiary/aromatic N) is 2. The van der Waals surface area contributed by atoms with Crippen molar-refractivity contribution in [3.8, 4) is 0 Å². The summed E-state index contributed by atoms with van der Waals surface area (Å²) in [5.41, 5.74) is 0. The quantitative estimate of drug-likeness (QED) is 0.637. The highest BCUT2D eigenvalue weighted by Crippen LogP contribution is 2.02. The van der Waals surface area contributed by atoms with E-state index in [-0.39, 0.29) is 18.4 Å². The van der Waals surface area contributed by atoms with Crippen LogP contribution in [0.25, 0.3) is 0 Å². The molecule has 0 unspecified atom stereocenters. The molecule has 92 valence electrons. The summed E-state index contributed by atoms with van der Waals surface area (Å²) in [6, 6.07) is -0.0628. The molecule has 1 saturated heterocycles. The Morgan fingerprint density at radius 2 is 2.00 bits per heavy atom. The van der Waals surface area contributed by atoms with Gasteiger partial charge >= 0.3 is 12.0 Å². The fourth-order valence-electron chi connectivity index (χ4n) is 1.45. The van der Waals surface area contributed by atoms with E-state index in [2.05, 4.69) is 4.74 Å². The third-order valence-electron chi connectivity index (χ3n) is 2.49. The zero-order valence-electron chi connectivity index (χ0n) is 9.77. The van der Waals surface area contributed by atoms with Gasteiger partial charge in [0.25, 0.3) is 0 Å². The molecule has 0 spiro atoms. The van der Waals surface area contributed by atoms with Crippen LogP contribution < -0.4 is 0 Å². The summed E-state index contributed by atoms with van der Waals surface area (Å²) in [6.07, 6.45) is 0.225. The molecule has 0 bridgehead atoms. The van der Waals surface area contributed by atoms with Crippen molar-refractivity contribution in [1.29, 1.82) is 0 Å². The van der Waals surface area contributed by atoms with E-state index in [9.17, 15) is 9.59 Å². The predicted octanol–water partition coefficient (Wildman–Crippen LogP) is -0.0665. The highest BCUT2D eigenvalue weighted by molar-refractivity contribution is 5.75. The first kappa shape index (κ1) is 12.8. The van der Waals surface area contributed by atoms with E-state index in [4.69, 9.17) is 4.74 Å². The summed E-state index contributed by atoms with van der Waals surface area (Å²) in [5, 5.41) is 0. The van der Waals surface area contributed by atoms with Crippen LogP contribution >= 0.6 is 0 Å². The van der Waals surface area contributed by atoms with Gasteiger partial charge in [0.05, 0.1) is 26.7 Å². The zero-order valence-corrected chi connectivity index (χ0v) is 9.77. The standard InChI is InChI=1S/C10H18N2O4/c1-11(4-3-9(13)15-2)10(14)12-5-7-16-8-6-12/h3-8H2,1-2H3. The molecule has 0 aromatic rings. The van der Waals surface area contributed by atoms with E-state index >= 15 is 0 Å². The molecule has 0 aromatic heterocycles. The predicted molar refractivity (Wildman–Crippen MR) is 57.1 cm³/mol. The van der Waals surface area contributed by atoms with E-state index in [1.54, 1.807) is 11.9 Å². The van der Waals surface area contributed by atoms with Crippen LogP contribution in [0.4, 0.5) is 4.79 Å². The lowest BCUT2D eigenvalue weighted by atomic mass is 10.4. The molecule has 1 fully saturated rings. The topological polar surface area (TPSA) is 59.1 Å². The summed E-state index contributed by atoms with van der Waals surface area (Å²) >= 11 is 0. The lowest BCUT2D eigenvalue weighted by Gasteiger charge is -2.30. The first-order valence-electron chi connectivity index (χ1n) is 5.29. The Morgan fingerprint density at radius 3 is 2.56 bits per heavy atom. The highest BCUT2D eigenvalue weighted by atomic mass is 16.5. The molecule has 0 radical (unpaired) electrons. The molecule has 0 aromatic carbocycles. The molecule has 6 heteroatoms. The van der Waals surface area contributed by atoms with Crippen molar-refractivity contribution in [2.75, 3.05) is 47.0 Å². The normalized spacial score (nSPS) is 15.8. The van der Waals surface area contributed by atoms with Gasteiger partial charge in [0.1, 0.15) is 0 Å². The number of urea groups is 1. The molecule has 16 heavy (non-hydrogen) atoms. The minimum absolute atomic E-state index is 0.0628. The van der Waals surface area contributed by atoms with Crippen LogP contribution in [-0.2, 0) is 14.3 Å². The average molecular weight is 230 g/mol. The van der Waals surface area contributed by atoms with Crippen molar-refractivity contribution < 1.29 is 19.1 Å². The molecular formula is C10H18N2O4. The molecule has 0 atom stereocenters. The third kappa shape index (κ3) is 3.69. The smallest absolute Gasteiger partial charge is 0.319 e. The second-order valence-electron chi connectivity index (χ2n) is 3.63. The van der Waals surface area contributed by atoms with Crippen molar-refractivity contribution in [2.24, 2.45) is 0 Å². The SMILES string of the molecule is COC(=O)CCN(C)C(=O)N1CCOCC1. The zero-order chi connectivity index (χ0) is 12.0. The Bertz CT molecular complexity index is 251. The second kappa shape index (κ2) is 6.32. The average Bonchev–Trinajstić information content (AvgIpc) is 2.35. The minimum Gasteiger partial charge on any atom is -0.469 e. The monoisotopic (exact) mass is 230 g/mol. The lowest BCUT2D eigenvalue weighted by Crippen LogP contribution is -2.47. The number of ether oxygens (including phenoxy) is 2. The summed E-state index contributed by atoms with van der Waals surface area (Å²) in [6.45, 7) is 2.76. The maximum absolute atomic E-state index is 11.8. The number of methoxy groups -OCH3 is 1. The molecule has 1 heterocycles. The Hall–Kier alpha value is -1.30. The highest BCUT2D eigenvalue weighted by Gasteiger charge is 2.20. The van der Waals surface area contributed by atoms with Gasteiger partial charge in [-0.2, -0.15) is 0 Å². The van der Waals surface area contributed by atoms with Crippen LogP contribution in [-0.4, -0.2) is 68.8 Å². The Kier molecular flexibility index (Phi) is 5.04. The largest absolute Gasteiger partial charge is 0.469 e. The van der Waals surface area contributed by atoms with Gasteiger partial charge < -0.3 is 19.3 Å². The molecule has 1 aliphatic rings. The summed E-state index contributed by atoms with van der Waals surface area (Å²) < 4.78 is 9.67. The number of esters is 1. The molecule has 2 amide bonds. The molecule has 6 nitrogen and oxygen atoms in total. The van der Waals surface area contributed by atoms with Crippen LogP contribution in [0.5, 0.6) is 0 Å². The lowest BCUT2D eigenvalue weighted by molar-refractivity contribution is -0.140. The van der Waals surface area contributed by atoms with Crippen LogP contribution in [0.2, 0.25) is 0 Å². The maximum atomic E-state index is 11.8. The number of rotatable bonds is 3. The Morgan fingerprint density at radius 1 is 1.38 bits per heavy atom. The minimum atomic E-state index is -0.304. The van der Waals surface area contributed by atoms with Crippen LogP contribution in [0.1, 0.15) is 6.42 Å². The number of amides is 2. The van der Waals surface area contributed by atoms with Crippen LogP contribution in [0.15, 0.2) is 0 Å². The Labute approximate surface area is 95.1 Å². The fourth-order valence-corrected chi connectivity index (χ4v) is 1.45. The van der Waals surface area contributed by atoms with Crippen molar-refractivity contribution in [3.63, 3.8) is 0 Å². The first-order chi connectivity index (χ1) is 7.65. The van der Waals surface area contributed by atoms with Crippen molar-refractivity contribution in [1.82, 2.24) is 9.80 Å². The van der Waals surface area contributed by atoms with Gasteiger partial charge in [0.2, 0.25) is 0 Å². The second-order valence-corrected chi connectivity index (χ2v) is 3.63. The van der Waals surface area contributed by atoms with E-state index < -0.39 is 0 Å². The van der Waals surface area contributed by atoms with Gasteiger partial charge in [-0.05, 0) is 0 Å². The van der Waals surface area contributed by atoms with E-state index in [1.807, 2.05) is 0 Å². The van der Waals surface area contributed by atoms with Crippen LogP contribution in [0, 0.1) is 0 Å². The van der Waals surface area contributed by atoms with Gasteiger partial charge in [0, 0.05) is 26.7 Å². The van der Waals surface area contributed by atoms with Gasteiger partial charge in [0.15, 0.2) is 0 Å². The molecule has 0 aliphatic carbocycles. The van der Waals surface area contributed by atoms with E-state index in [0.29, 0.717) is 32.8 Å². The summed E-state index contributed by atoms with van der Waals surface area (Å²) in [7, 11) is 3.02. The van der Waals surface area contributed by atoms with Crippen molar-refractivity contribution >= 4 is 12.0 Å². The number of carbonyl (C=O) groups excluding carboxylic acids is 2. The number of carbonyl (C=O) groups is 2. The third-order valence-corrected chi connectivity index (χ3v) is 2.49. The fraction of sp³-hybridized carbons (Fsp3) is 0.800.